The molecule has 3 rings (SSSR count). The third kappa shape index (κ3) is 2.77. The fourth-order valence-corrected chi connectivity index (χ4v) is 4.46. The molecule has 0 saturated heterocycles. The first kappa shape index (κ1) is 15.5. The van der Waals surface area contributed by atoms with Gasteiger partial charge in [0.15, 0.2) is 5.78 Å². The van der Waals surface area contributed by atoms with Crippen molar-refractivity contribution in [2.24, 2.45) is 0 Å². The van der Waals surface area contributed by atoms with Crippen LogP contribution < -0.4 is 0 Å². The molecule has 0 aromatic carbocycles. The lowest BCUT2D eigenvalue weighted by atomic mass is 9.94. The lowest BCUT2D eigenvalue weighted by Gasteiger charge is -2.16. The van der Waals surface area contributed by atoms with Crippen LogP contribution >= 0.6 is 27.3 Å². The van der Waals surface area contributed by atoms with E-state index < -0.39 is 0 Å². The number of aromatic nitrogens is 1. The minimum Gasteiger partial charge on any atom is -0.354 e. The summed E-state index contributed by atoms with van der Waals surface area (Å²) in [5, 5.41) is 0. The van der Waals surface area contributed by atoms with Crippen molar-refractivity contribution in [2.45, 2.75) is 32.7 Å². The van der Waals surface area contributed by atoms with E-state index in [0.717, 1.165) is 38.3 Å². The molecule has 6 heteroatoms. The molecule has 0 saturated carbocycles. The Kier molecular flexibility index (Phi) is 4.23. The lowest BCUT2D eigenvalue weighted by molar-refractivity contribution is 0.0780. The first-order valence-corrected chi connectivity index (χ1v) is 8.82. The minimum atomic E-state index is -0.0655. The van der Waals surface area contributed by atoms with Gasteiger partial charge in [-0.1, -0.05) is 0 Å². The van der Waals surface area contributed by atoms with Crippen molar-refractivity contribution in [1.29, 1.82) is 0 Å². The molecule has 0 spiro atoms. The molecule has 1 amide bonds. The number of H-pyrrole nitrogens is 1. The molecular weight excluding hydrogens is 364 g/mol. The van der Waals surface area contributed by atoms with Gasteiger partial charge in [0.1, 0.15) is 5.69 Å². The largest absolute Gasteiger partial charge is 0.354 e. The van der Waals surface area contributed by atoms with Crippen LogP contribution in [0.25, 0.3) is 0 Å². The maximum atomic E-state index is 12.7. The van der Waals surface area contributed by atoms with Crippen molar-refractivity contribution >= 4 is 39.0 Å². The number of carbonyl (C=O) groups excluding carboxylic acids is 2. The summed E-state index contributed by atoms with van der Waals surface area (Å²) in [4.78, 5) is 30.7. The SMILES string of the molecule is Cc1c(C(=O)N(C)Cc2ccc(Br)s2)[nH]c2c1C(=O)CCC2. The average Bonchev–Trinajstić information content (AvgIpc) is 3.03. The highest BCUT2D eigenvalue weighted by molar-refractivity contribution is 9.11. The van der Waals surface area contributed by atoms with Crippen molar-refractivity contribution in [2.75, 3.05) is 7.05 Å². The van der Waals surface area contributed by atoms with Gasteiger partial charge in [-0.15, -0.1) is 11.3 Å². The summed E-state index contributed by atoms with van der Waals surface area (Å²) in [6, 6.07) is 3.99. The number of nitrogens with zero attached hydrogens (tertiary/aromatic N) is 1. The van der Waals surface area contributed by atoms with E-state index in [-0.39, 0.29) is 11.7 Å². The van der Waals surface area contributed by atoms with Crippen LogP contribution in [0.5, 0.6) is 0 Å². The van der Waals surface area contributed by atoms with Crippen LogP contribution in [0.2, 0.25) is 0 Å². The Bertz CT molecular complexity index is 747. The average molecular weight is 381 g/mol. The molecule has 116 valence electrons. The van der Waals surface area contributed by atoms with Crippen molar-refractivity contribution in [3.8, 4) is 0 Å². The topological polar surface area (TPSA) is 53.2 Å². The molecule has 22 heavy (non-hydrogen) atoms. The zero-order valence-electron chi connectivity index (χ0n) is 12.5. The highest BCUT2D eigenvalue weighted by Gasteiger charge is 2.27. The number of rotatable bonds is 3. The number of thiophene rings is 1. The molecule has 2 heterocycles. The van der Waals surface area contributed by atoms with Gasteiger partial charge in [-0.3, -0.25) is 9.59 Å². The van der Waals surface area contributed by atoms with Gasteiger partial charge in [-0.05, 0) is 53.4 Å². The van der Waals surface area contributed by atoms with E-state index in [1.54, 1.807) is 23.3 Å². The Balaban J connectivity index is 1.84. The van der Waals surface area contributed by atoms with E-state index in [1.165, 1.54) is 0 Å². The van der Waals surface area contributed by atoms with Gasteiger partial charge in [0.2, 0.25) is 0 Å². The van der Waals surface area contributed by atoms with Crippen LogP contribution in [0.1, 0.15) is 49.8 Å². The quantitative estimate of drug-likeness (QED) is 0.876. The number of halogens is 1. The molecule has 0 atom stereocenters. The van der Waals surface area contributed by atoms with Gasteiger partial charge in [-0.2, -0.15) is 0 Å². The van der Waals surface area contributed by atoms with Crippen LogP contribution in [-0.2, 0) is 13.0 Å². The molecule has 0 aliphatic heterocycles. The Morgan fingerprint density at radius 1 is 1.41 bits per heavy atom. The normalized spacial score (nSPS) is 14.0. The maximum absolute atomic E-state index is 12.7. The lowest BCUT2D eigenvalue weighted by Crippen LogP contribution is -2.26. The van der Waals surface area contributed by atoms with Gasteiger partial charge in [0, 0.05) is 29.6 Å². The van der Waals surface area contributed by atoms with Crippen molar-refractivity contribution in [1.82, 2.24) is 9.88 Å². The van der Waals surface area contributed by atoms with Crippen molar-refractivity contribution in [3.63, 3.8) is 0 Å². The van der Waals surface area contributed by atoms with Crippen molar-refractivity contribution in [3.05, 3.63) is 43.3 Å². The molecule has 2 aromatic rings. The Morgan fingerprint density at radius 3 is 2.82 bits per heavy atom. The predicted molar refractivity (Wildman–Crippen MR) is 90.6 cm³/mol. The summed E-state index contributed by atoms with van der Waals surface area (Å²) in [6.07, 6.45) is 2.29. The maximum Gasteiger partial charge on any atom is 0.270 e. The number of fused-ring (bicyclic) bond motifs is 1. The number of hydrogen-bond acceptors (Lipinski definition) is 3. The van der Waals surface area contributed by atoms with E-state index in [1.807, 2.05) is 19.1 Å². The standard InChI is InChI=1S/C16H17BrN2O2S/c1-9-14-11(4-3-5-12(14)20)18-15(9)16(21)19(2)8-10-6-7-13(17)22-10/h6-7,18H,3-5,8H2,1-2H3. The fourth-order valence-electron chi connectivity index (χ4n) is 2.92. The molecule has 4 nitrogen and oxygen atoms in total. The van der Waals surface area contributed by atoms with Crippen molar-refractivity contribution < 1.29 is 9.59 Å². The summed E-state index contributed by atoms with van der Waals surface area (Å²) < 4.78 is 1.06. The zero-order chi connectivity index (χ0) is 15.9. The molecule has 0 fully saturated rings. The van der Waals surface area contributed by atoms with Crippen LogP contribution in [0.3, 0.4) is 0 Å². The first-order valence-electron chi connectivity index (χ1n) is 7.21. The second kappa shape index (κ2) is 6.01. The third-order valence-corrected chi connectivity index (χ3v) is 5.63. The number of ketones is 1. The van der Waals surface area contributed by atoms with Gasteiger partial charge >= 0.3 is 0 Å². The number of amides is 1. The molecule has 0 unspecified atom stereocenters. The van der Waals surface area contributed by atoms with E-state index in [4.69, 9.17) is 0 Å². The van der Waals surface area contributed by atoms with Crippen LogP contribution in [0.4, 0.5) is 0 Å². The number of carbonyl (C=O) groups is 2. The molecule has 0 radical (unpaired) electrons. The molecule has 1 N–H and O–H groups in total. The molecule has 0 bridgehead atoms. The summed E-state index contributed by atoms with van der Waals surface area (Å²) in [5.74, 6) is 0.0862. The summed E-state index contributed by atoms with van der Waals surface area (Å²) >= 11 is 5.05. The predicted octanol–water partition coefficient (Wildman–Crippen LogP) is 3.94. The Hall–Kier alpha value is -1.40. The number of aryl methyl sites for hydroxylation is 1. The Morgan fingerprint density at radius 2 is 2.18 bits per heavy atom. The van der Waals surface area contributed by atoms with E-state index in [9.17, 15) is 9.59 Å². The van der Waals surface area contributed by atoms with Gasteiger partial charge in [0.05, 0.1) is 10.3 Å². The number of nitrogens with one attached hydrogen (secondary N) is 1. The molecule has 1 aliphatic carbocycles. The second-order valence-corrected chi connectivity index (χ2v) is 8.17. The number of hydrogen-bond donors (Lipinski definition) is 1. The zero-order valence-corrected chi connectivity index (χ0v) is 14.9. The highest BCUT2D eigenvalue weighted by atomic mass is 79.9. The molecule has 2 aromatic heterocycles. The third-order valence-electron chi connectivity index (χ3n) is 4.02. The first-order chi connectivity index (χ1) is 10.5. The smallest absolute Gasteiger partial charge is 0.270 e. The summed E-state index contributed by atoms with van der Waals surface area (Å²) in [5.41, 5.74) is 3.01. The van der Waals surface area contributed by atoms with E-state index >= 15 is 0 Å². The highest BCUT2D eigenvalue weighted by Crippen LogP contribution is 2.28. The van der Waals surface area contributed by atoms with E-state index in [0.29, 0.717) is 18.7 Å². The fraction of sp³-hybridized carbons (Fsp3) is 0.375. The summed E-state index contributed by atoms with van der Waals surface area (Å²) in [7, 11) is 1.79. The molecule has 1 aliphatic rings. The Labute approximate surface area is 141 Å². The van der Waals surface area contributed by atoms with Crippen LogP contribution in [0.15, 0.2) is 15.9 Å². The van der Waals surface area contributed by atoms with Gasteiger partial charge < -0.3 is 9.88 Å². The van der Waals surface area contributed by atoms with E-state index in [2.05, 4.69) is 20.9 Å². The summed E-state index contributed by atoms with van der Waals surface area (Å²) in [6.45, 7) is 2.42. The number of aromatic amines is 1. The van der Waals surface area contributed by atoms with Crippen LogP contribution in [0, 0.1) is 6.92 Å². The monoisotopic (exact) mass is 380 g/mol. The van der Waals surface area contributed by atoms with Gasteiger partial charge in [-0.25, -0.2) is 0 Å². The second-order valence-electron chi connectivity index (χ2n) is 5.62. The minimum absolute atomic E-state index is 0.0655. The van der Waals surface area contributed by atoms with Crippen LogP contribution in [-0.4, -0.2) is 28.6 Å². The number of Topliss-reactive ketones (excluding diaryl/α,β-unsaturated/α-hetero) is 1. The molecular formula is C16H17BrN2O2S. The van der Waals surface area contributed by atoms with Gasteiger partial charge in [0.25, 0.3) is 5.91 Å².